The molecule has 18 heavy (non-hydrogen) atoms. The molecule has 0 aromatic heterocycles. The van der Waals surface area contributed by atoms with E-state index in [2.05, 4.69) is 4.74 Å². The van der Waals surface area contributed by atoms with Crippen LogP contribution < -0.4 is 0 Å². The first-order valence-electron chi connectivity index (χ1n) is 5.40. The molecule has 0 radical (unpaired) electrons. The molecule has 0 saturated heterocycles. The van der Waals surface area contributed by atoms with Crippen molar-refractivity contribution in [1.82, 2.24) is 0 Å². The predicted octanol–water partition coefficient (Wildman–Crippen LogP) is 0.769. The van der Waals surface area contributed by atoms with Crippen molar-refractivity contribution in [3.63, 3.8) is 0 Å². The lowest BCUT2D eigenvalue weighted by atomic mass is 10.1. The van der Waals surface area contributed by atoms with Crippen LogP contribution in [0.1, 0.15) is 22.8 Å². The van der Waals surface area contributed by atoms with Gasteiger partial charge in [-0.05, 0) is 24.6 Å². The van der Waals surface area contributed by atoms with Gasteiger partial charge in [-0.15, -0.1) is 0 Å². The lowest BCUT2D eigenvalue weighted by Crippen LogP contribution is -2.19. The van der Waals surface area contributed by atoms with Crippen LogP contribution in [0.2, 0.25) is 0 Å². The summed E-state index contributed by atoms with van der Waals surface area (Å²) in [5.74, 6) is -0.890. The fraction of sp³-hybridized carbons (Fsp3) is 0.417. The molecule has 0 spiro atoms. The van der Waals surface area contributed by atoms with E-state index in [-0.39, 0.29) is 11.5 Å². The number of methoxy groups -OCH3 is 1. The standard InChI is InChI=1S/C12H16O5S/c1-9(13)7-18(15,16)8-10-3-5-11(6-4-10)12(14)17-2/h3-6,9,13H,7-8H2,1-2H3. The first-order valence-corrected chi connectivity index (χ1v) is 7.22. The second kappa shape index (κ2) is 5.97. The summed E-state index contributed by atoms with van der Waals surface area (Å²) in [6.07, 6.45) is -0.885. The van der Waals surface area contributed by atoms with E-state index in [4.69, 9.17) is 5.11 Å². The van der Waals surface area contributed by atoms with Crippen LogP contribution in [0, 0.1) is 0 Å². The molecule has 0 aliphatic carbocycles. The maximum absolute atomic E-state index is 11.6. The topological polar surface area (TPSA) is 80.7 Å². The minimum atomic E-state index is -3.34. The number of hydrogen-bond donors (Lipinski definition) is 1. The highest BCUT2D eigenvalue weighted by molar-refractivity contribution is 7.90. The van der Waals surface area contributed by atoms with Crippen LogP contribution in [0.25, 0.3) is 0 Å². The minimum absolute atomic E-state index is 0.153. The Kier molecular flexibility index (Phi) is 4.86. The molecular weight excluding hydrogens is 256 g/mol. The molecule has 0 heterocycles. The summed E-state index contributed by atoms with van der Waals surface area (Å²) in [7, 11) is -2.06. The molecule has 0 aliphatic rings. The summed E-state index contributed by atoms with van der Waals surface area (Å²) in [6, 6.07) is 6.15. The van der Waals surface area contributed by atoms with Crippen LogP contribution in [-0.2, 0) is 20.3 Å². The molecule has 0 amide bonds. The minimum Gasteiger partial charge on any atom is -0.465 e. The summed E-state index contributed by atoms with van der Waals surface area (Å²) in [6.45, 7) is 1.43. The van der Waals surface area contributed by atoms with Gasteiger partial charge in [0.05, 0.1) is 30.3 Å². The van der Waals surface area contributed by atoms with Crippen LogP contribution in [0.4, 0.5) is 0 Å². The monoisotopic (exact) mass is 272 g/mol. The fourth-order valence-corrected chi connectivity index (χ4v) is 3.09. The van der Waals surface area contributed by atoms with Crippen molar-refractivity contribution in [2.45, 2.75) is 18.8 Å². The third-order valence-electron chi connectivity index (χ3n) is 2.26. The first kappa shape index (κ1) is 14.7. The molecule has 0 bridgehead atoms. The van der Waals surface area contributed by atoms with Gasteiger partial charge in [-0.1, -0.05) is 12.1 Å². The smallest absolute Gasteiger partial charge is 0.337 e. The number of rotatable bonds is 5. The van der Waals surface area contributed by atoms with Gasteiger partial charge in [0.1, 0.15) is 0 Å². The van der Waals surface area contributed by atoms with E-state index in [9.17, 15) is 13.2 Å². The first-order chi connectivity index (χ1) is 8.34. The SMILES string of the molecule is COC(=O)c1ccc(CS(=O)(=O)CC(C)O)cc1. The number of aliphatic hydroxyl groups excluding tert-OH is 1. The van der Waals surface area contributed by atoms with Crippen LogP contribution >= 0.6 is 0 Å². The van der Waals surface area contributed by atoms with Crippen LogP contribution in [-0.4, -0.2) is 38.5 Å². The highest BCUT2D eigenvalue weighted by Crippen LogP contribution is 2.10. The van der Waals surface area contributed by atoms with E-state index >= 15 is 0 Å². The van der Waals surface area contributed by atoms with Crippen molar-refractivity contribution in [3.05, 3.63) is 35.4 Å². The van der Waals surface area contributed by atoms with E-state index in [1.165, 1.54) is 26.2 Å². The molecule has 1 atom stereocenters. The summed E-state index contributed by atoms with van der Waals surface area (Å²) < 4.78 is 27.8. The fourth-order valence-electron chi connectivity index (χ4n) is 1.54. The molecule has 5 nitrogen and oxygen atoms in total. The molecule has 6 heteroatoms. The van der Waals surface area contributed by atoms with E-state index in [1.54, 1.807) is 12.1 Å². The van der Waals surface area contributed by atoms with Crippen LogP contribution in [0.3, 0.4) is 0 Å². The summed E-state index contributed by atoms with van der Waals surface area (Å²) in [5, 5.41) is 9.07. The van der Waals surface area contributed by atoms with Gasteiger partial charge < -0.3 is 9.84 Å². The van der Waals surface area contributed by atoms with E-state index in [1.807, 2.05) is 0 Å². The zero-order chi connectivity index (χ0) is 13.8. The van der Waals surface area contributed by atoms with Gasteiger partial charge in [-0.2, -0.15) is 0 Å². The van der Waals surface area contributed by atoms with Crippen molar-refractivity contribution in [2.75, 3.05) is 12.9 Å². The van der Waals surface area contributed by atoms with Gasteiger partial charge in [0.15, 0.2) is 9.84 Å². The van der Waals surface area contributed by atoms with E-state index < -0.39 is 21.9 Å². The third-order valence-corrected chi connectivity index (χ3v) is 4.02. The summed E-state index contributed by atoms with van der Waals surface area (Å²) >= 11 is 0. The second-order valence-corrected chi connectivity index (χ2v) is 6.20. The molecule has 1 aromatic rings. The Morgan fingerprint density at radius 3 is 2.33 bits per heavy atom. The number of carbonyl (C=O) groups excluding carboxylic acids is 1. The predicted molar refractivity (Wildman–Crippen MR) is 67.0 cm³/mol. The second-order valence-electron chi connectivity index (χ2n) is 4.09. The number of sulfone groups is 1. The van der Waals surface area contributed by atoms with E-state index in [0.29, 0.717) is 11.1 Å². The highest BCUT2D eigenvalue weighted by atomic mass is 32.2. The Morgan fingerprint density at radius 2 is 1.89 bits per heavy atom. The Morgan fingerprint density at radius 1 is 1.33 bits per heavy atom. The molecular formula is C12H16O5S. The Balaban J connectivity index is 2.78. The maximum atomic E-state index is 11.6. The number of ether oxygens (including phenoxy) is 1. The maximum Gasteiger partial charge on any atom is 0.337 e. The molecule has 1 unspecified atom stereocenters. The van der Waals surface area contributed by atoms with Gasteiger partial charge >= 0.3 is 5.97 Å². The van der Waals surface area contributed by atoms with Gasteiger partial charge in [0, 0.05) is 0 Å². The lowest BCUT2D eigenvalue weighted by molar-refractivity contribution is 0.0600. The Labute approximate surface area is 106 Å². The zero-order valence-electron chi connectivity index (χ0n) is 10.3. The van der Waals surface area contributed by atoms with Crippen molar-refractivity contribution in [3.8, 4) is 0 Å². The number of benzene rings is 1. The molecule has 1 rings (SSSR count). The number of esters is 1. The summed E-state index contributed by atoms with van der Waals surface area (Å²) in [5.41, 5.74) is 0.942. The number of hydrogen-bond acceptors (Lipinski definition) is 5. The normalized spacial score (nSPS) is 13.1. The van der Waals surface area contributed by atoms with Crippen molar-refractivity contribution < 1.29 is 23.1 Å². The van der Waals surface area contributed by atoms with Crippen molar-refractivity contribution >= 4 is 15.8 Å². The van der Waals surface area contributed by atoms with Gasteiger partial charge in [0.2, 0.25) is 0 Å². The van der Waals surface area contributed by atoms with E-state index in [0.717, 1.165) is 0 Å². The van der Waals surface area contributed by atoms with Crippen LogP contribution in [0.5, 0.6) is 0 Å². The molecule has 0 fully saturated rings. The average molecular weight is 272 g/mol. The zero-order valence-corrected chi connectivity index (χ0v) is 11.1. The van der Waals surface area contributed by atoms with Crippen LogP contribution in [0.15, 0.2) is 24.3 Å². The van der Waals surface area contributed by atoms with Crippen molar-refractivity contribution in [2.24, 2.45) is 0 Å². The van der Waals surface area contributed by atoms with Gasteiger partial charge in [-0.3, -0.25) is 0 Å². The lowest BCUT2D eigenvalue weighted by Gasteiger charge is -2.07. The Bertz CT molecular complexity index is 502. The summed E-state index contributed by atoms with van der Waals surface area (Å²) in [4.78, 5) is 11.2. The molecule has 1 N–H and O–H groups in total. The molecule has 0 saturated carbocycles. The average Bonchev–Trinajstić information content (AvgIpc) is 2.26. The van der Waals surface area contributed by atoms with Gasteiger partial charge in [-0.25, -0.2) is 13.2 Å². The third kappa shape index (κ3) is 4.46. The molecule has 100 valence electrons. The Hall–Kier alpha value is -1.40. The number of carbonyl (C=O) groups is 1. The largest absolute Gasteiger partial charge is 0.465 e. The molecule has 1 aromatic carbocycles. The quantitative estimate of drug-likeness (QED) is 0.801. The molecule has 0 aliphatic heterocycles. The highest BCUT2D eigenvalue weighted by Gasteiger charge is 2.15. The van der Waals surface area contributed by atoms with Gasteiger partial charge in [0.25, 0.3) is 0 Å². The number of aliphatic hydroxyl groups is 1. The van der Waals surface area contributed by atoms with Crippen molar-refractivity contribution in [1.29, 1.82) is 0 Å².